The van der Waals surface area contributed by atoms with Crippen molar-refractivity contribution in [1.29, 1.82) is 0 Å². The van der Waals surface area contributed by atoms with E-state index in [4.69, 9.17) is 15.9 Å². The molecule has 3 rings (SSSR count). The van der Waals surface area contributed by atoms with E-state index in [1.54, 1.807) is 30.3 Å². The molecule has 0 fully saturated rings. The minimum absolute atomic E-state index is 0.144. The minimum atomic E-state index is -0.456. The Morgan fingerprint density at radius 3 is 2.84 bits per heavy atom. The van der Waals surface area contributed by atoms with Crippen LogP contribution in [0.2, 0.25) is 0 Å². The summed E-state index contributed by atoms with van der Waals surface area (Å²) in [6, 6.07) is 12.3. The third kappa shape index (κ3) is 3.24. The lowest BCUT2D eigenvalue weighted by Crippen LogP contribution is -2.04. The summed E-state index contributed by atoms with van der Waals surface area (Å²) in [6.45, 7) is 0.144. The van der Waals surface area contributed by atoms with Crippen LogP contribution in [-0.4, -0.2) is 25.6 Å². The van der Waals surface area contributed by atoms with Crippen molar-refractivity contribution in [1.82, 2.24) is 0 Å². The van der Waals surface area contributed by atoms with Crippen molar-refractivity contribution in [2.45, 2.75) is 0 Å². The van der Waals surface area contributed by atoms with E-state index in [1.807, 2.05) is 18.2 Å². The number of anilines is 1. The monoisotopic (exact) mass is 333 g/mol. The molecule has 0 aliphatic carbocycles. The van der Waals surface area contributed by atoms with Gasteiger partial charge in [-0.1, -0.05) is 30.2 Å². The van der Waals surface area contributed by atoms with Crippen molar-refractivity contribution in [3.8, 4) is 18.1 Å². The zero-order chi connectivity index (χ0) is 17.8. The molecule has 0 saturated heterocycles. The molecular weight excluding hydrogens is 318 g/mol. The Morgan fingerprint density at radius 2 is 2.08 bits per heavy atom. The average Bonchev–Trinajstić information content (AvgIpc) is 2.95. The second-order valence-corrected chi connectivity index (χ2v) is 5.29. The summed E-state index contributed by atoms with van der Waals surface area (Å²) >= 11 is 0. The maximum absolute atomic E-state index is 12.3. The van der Waals surface area contributed by atoms with Gasteiger partial charge in [0.15, 0.2) is 0 Å². The van der Waals surface area contributed by atoms with E-state index < -0.39 is 5.97 Å². The molecule has 1 aliphatic heterocycles. The van der Waals surface area contributed by atoms with Crippen LogP contribution in [0.3, 0.4) is 0 Å². The Morgan fingerprint density at radius 1 is 1.28 bits per heavy atom. The van der Waals surface area contributed by atoms with Gasteiger partial charge < -0.3 is 14.8 Å². The maximum Gasteiger partial charge on any atom is 0.337 e. The zero-order valence-electron chi connectivity index (χ0n) is 13.5. The standard InChI is InChI=1S/C20H15NO4/c1-3-10-25-18-7-5-4-6-13(18)11-16-15-9-8-14(20(23)24-2)12-17(15)21-19(16)22/h1,4-9,11-12H,10H2,2H3,(H,21,22)/b16-11-. The van der Waals surface area contributed by atoms with Crippen molar-refractivity contribution in [3.63, 3.8) is 0 Å². The van der Waals surface area contributed by atoms with E-state index in [2.05, 4.69) is 11.2 Å². The highest BCUT2D eigenvalue weighted by Gasteiger charge is 2.25. The molecule has 0 aromatic heterocycles. The minimum Gasteiger partial charge on any atom is -0.480 e. The lowest BCUT2D eigenvalue weighted by molar-refractivity contribution is -0.110. The van der Waals surface area contributed by atoms with E-state index in [-0.39, 0.29) is 12.5 Å². The van der Waals surface area contributed by atoms with Gasteiger partial charge in [0.2, 0.25) is 0 Å². The second kappa shape index (κ2) is 6.93. The zero-order valence-corrected chi connectivity index (χ0v) is 13.5. The van der Waals surface area contributed by atoms with Gasteiger partial charge in [-0.05, 0) is 24.3 Å². The largest absolute Gasteiger partial charge is 0.480 e. The Balaban J connectivity index is 2.01. The predicted octanol–water partition coefficient (Wildman–Crippen LogP) is 2.98. The normalized spacial score (nSPS) is 13.8. The van der Waals surface area contributed by atoms with E-state index in [0.717, 1.165) is 5.56 Å². The first-order valence-electron chi connectivity index (χ1n) is 7.55. The number of terminal acetylenes is 1. The van der Waals surface area contributed by atoms with Gasteiger partial charge in [-0.25, -0.2) is 4.79 Å². The van der Waals surface area contributed by atoms with Crippen molar-refractivity contribution >= 4 is 29.2 Å². The number of para-hydroxylation sites is 1. The van der Waals surface area contributed by atoms with Gasteiger partial charge >= 0.3 is 5.97 Å². The Kier molecular flexibility index (Phi) is 4.53. The lowest BCUT2D eigenvalue weighted by atomic mass is 10.0. The number of ether oxygens (including phenoxy) is 2. The number of hydrogen-bond acceptors (Lipinski definition) is 4. The average molecular weight is 333 g/mol. The molecule has 1 N–H and O–H groups in total. The van der Waals surface area contributed by atoms with Crippen LogP contribution in [0.1, 0.15) is 21.5 Å². The number of rotatable bonds is 4. The topological polar surface area (TPSA) is 64.6 Å². The number of benzene rings is 2. The molecular formula is C20H15NO4. The Bertz CT molecular complexity index is 922. The molecule has 124 valence electrons. The van der Waals surface area contributed by atoms with Crippen molar-refractivity contribution in [2.24, 2.45) is 0 Å². The quantitative estimate of drug-likeness (QED) is 0.531. The summed E-state index contributed by atoms with van der Waals surface area (Å²) in [4.78, 5) is 24.0. The Labute approximate surface area is 145 Å². The van der Waals surface area contributed by atoms with Crippen molar-refractivity contribution in [3.05, 3.63) is 59.2 Å². The van der Waals surface area contributed by atoms with E-state index in [1.165, 1.54) is 7.11 Å². The number of methoxy groups -OCH3 is 1. The van der Waals surface area contributed by atoms with E-state index in [0.29, 0.717) is 28.1 Å². The van der Waals surface area contributed by atoms with Crippen LogP contribution in [0, 0.1) is 12.3 Å². The number of nitrogens with one attached hydrogen (secondary N) is 1. The summed E-state index contributed by atoms with van der Waals surface area (Å²) in [7, 11) is 1.31. The van der Waals surface area contributed by atoms with Gasteiger partial charge in [-0.2, -0.15) is 0 Å². The van der Waals surface area contributed by atoms with Crippen molar-refractivity contribution in [2.75, 3.05) is 19.0 Å². The highest BCUT2D eigenvalue weighted by molar-refractivity contribution is 6.35. The van der Waals surface area contributed by atoms with Gasteiger partial charge in [0.05, 0.1) is 12.7 Å². The third-order valence-corrected chi connectivity index (χ3v) is 3.75. The molecule has 0 bridgehead atoms. The molecule has 2 aromatic rings. The lowest BCUT2D eigenvalue weighted by Gasteiger charge is -2.07. The van der Waals surface area contributed by atoms with Gasteiger partial charge in [0.1, 0.15) is 12.4 Å². The molecule has 0 unspecified atom stereocenters. The number of carbonyl (C=O) groups excluding carboxylic acids is 2. The number of carbonyl (C=O) groups is 2. The van der Waals surface area contributed by atoms with E-state index in [9.17, 15) is 9.59 Å². The van der Waals surface area contributed by atoms with Gasteiger partial charge in [0.25, 0.3) is 5.91 Å². The molecule has 0 radical (unpaired) electrons. The van der Waals surface area contributed by atoms with Gasteiger partial charge in [0, 0.05) is 22.4 Å². The van der Waals surface area contributed by atoms with Gasteiger partial charge in [-0.15, -0.1) is 6.42 Å². The molecule has 1 amide bonds. The number of esters is 1. The SMILES string of the molecule is C#CCOc1ccccc1/C=C1\C(=O)Nc2cc(C(=O)OC)ccc21. The number of hydrogen-bond donors (Lipinski definition) is 1. The summed E-state index contributed by atoms with van der Waals surface area (Å²) < 4.78 is 10.2. The van der Waals surface area contributed by atoms with Crippen molar-refractivity contribution < 1.29 is 19.1 Å². The Hall–Kier alpha value is -3.52. The fraction of sp³-hybridized carbons (Fsp3) is 0.100. The smallest absolute Gasteiger partial charge is 0.337 e. The van der Waals surface area contributed by atoms with Crippen LogP contribution >= 0.6 is 0 Å². The van der Waals surface area contributed by atoms with Crippen LogP contribution in [0.15, 0.2) is 42.5 Å². The number of fused-ring (bicyclic) bond motifs is 1. The summed E-state index contributed by atoms with van der Waals surface area (Å²) in [5.74, 6) is 2.31. The fourth-order valence-electron chi connectivity index (χ4n) is 2.59. The molecule has 5 heteroatoms. The highest BCUT2D eigenvalue weighted by Crippen LogP contribution is 2.35. The molecule has 0 spiro atoms. The summed E-state index contributed by atoms with van der Waals surface area (Å²) in [6.07, 6.45) is 6.97. The second-order valence-electron chi connectivity index (χ2n) is 5.29. The molecule has 0 saturated carbocycles. The van der Waals surface area contributed by atoms with Crippen LogP contribution < -0.4 is 10.1 Å². The number of amides is 1. The molecule has 5 nitrogen and oxygen atoms in total. The van der Waals surface area contributed by atoms with Crippen LogP contribution in [0.4, 0.5) is 5.69 Å². The molecule has 25 heavy (non-hydrogen) atoms. The first-order valence-corrected chi connectivity index (χ1v) is 7.55. The molecule has 0 atom stereocenters. The fourth-order valence-corrected chi connectivity index (χ4v) is 2.59. The first-order chi connectivity index (χ1) is 12.1. The molecule has 2 aromatic carbocycles. The van der Waals surface area contributed by atoms with Gasteiger partial charge in [-0.3, -0.25) is 4.79 Å². The highest BCUT2D eigenvalue weighted by atomic mass is 16.5. The summed E-state index contributed by atoms with van der Waals surface area (Å²) in [5, 5.41) is 2.76. The van der Waals surface area contributed by atoms with Crippen LogP contribution in [0.25, 0.3) is 11.6 Å². The third-order valence-electron chi connectivity index (χ3n) is 3.75. The summed E-state index contributed by atoms with van der Waals surface area (Å²) in [5.41, 5.74) is 2.89. The van der Waals surface area contributed by atoms with E-state index >= 15 is 0 Å². The molecule has 1 heterocycles. The van der Waals surface area contributed by atoms with Crippen LogP contribution in [0.5, 0.6) is 5.75 Å². The molecule has 1 aliphatic rings. The van der Waals surface area contributed by atoms with Crippen LogP contribution in [-0.2, 0) is 9.53 Å². The first kappa shape index (κ1) is 16.3. The maximum atomic E-state index is 12.3. The predicted molar refractivity (Wildman–Crippen MR) is 95.1 cm³/mol.